The zero-order valence-corrected chi connectivity index (χ0v) is 15.2. The minimum Gasteiger partial charge on any atom is -0.490 e. The molecule has 0 bridgehead atoms. The van der Waals surface area contributed by atoms with Gasteiger partial charge in [-0.3, -0.25) is 0 Å². The molecule has 1 fully saturated rings. The van der Waals surface area contributed by atoms with Crippen molar-refractivity contribution in [3.05, 3.63) is 59.7 Å². The fourth-order valence-corrected chi connectivity index (χ4v) is 3.63. The molecule has 2 aromatic rings. The molecule has 7 nitrogen and oxygen atoms in total. The van der Waals surface area contributed by atoms with Crippen molar-refractivity contribution in [1.82, 2.24) is 4.72 Å². The predicted molar refractivity (Wildman–Crippen MR) is 96.7 cm³/mol. The van der Waals surface area contributed by atoms with Crippen LogP contribution in [0.15, 0.2) is 53.4 Å². The van der Waals surface area contributed by atoms with Crippen molar-refractivity contribution in [2.24, 2.45) is 0 Å². The van der Waals surface area contributed by atoms with Crippen LogP contribution in [-0.4, -0.2) is 33.6 Å². The summed E-state index contributed by atoms with van der Waals surface area (Å²) >= 11 is 0. The third kappa shape index (κ3) is 5.29. The van der Waals surface area contributed by atoms with Crippen LogP contribution in [0.1, 0.15) is 28.8 Å². The molecule has 2 aromatic carbocycles. The van der Waals surface area contributed by atoms with Crippen LogP contribution in [0.3, 0.4) is 0 Å². The van der Waals surface area contributed by atoms with Gasteiger partial charge in [0.05, 0.1) is 22.1 Å². The molecular weight excluding hydrogens is 368 g/mol. The molecule has 8 heteroatoms. The lowest BCUT2D eigenvalue weighted by Gasteiger charge is -2.09. The highest BCUT2D eigenvalue weighted by Gasteiger charge is 2.28. The second kappa shape index (κ2) is 8.20. The van der Waals surface area contributed by atoms with Crippen LogP contribution in [0, 0.1) is 11.3 Å². The second-order valence-corrected chi connectivity index (χ2v) is 7.76. The van der Waals surface area contributed by atoms with Crippen molar-refractivity contribution in [2.75, 3.05) is 13.2 Å². The normalized spacial score (nSPS) is 13.6. The summed E-state index contributed by atoms with van der Waals surface area (Å²) in [4.78, 5) is 12.2. The summed E-state index contributed by atoms with van der Waals surface area (Å²) in [5, 5.41) is 8.74. The fraction of sp³-hybridized carbons (Fsp3) is 0.263. The summed E-state index contributed by atoms with van der Waals surface area (Å²) in [6.45, 7) is 0.148. The highest BCUT2D eigenvalue weighted by Crippen LogP contribution is 2.22. The number of esters is 1. The molecule has 0 amide bonds. The molecule has 27 heavy (non-hydrogen) atoms. The number of ether oxygens (including phenoxy) is 2. The molecule has 0 atom stereocenters. The number of benzene rings is 2. The van der Waals surface area contributed by atoms with Crippen LogP contribution in [-0.2, 0) is 14.8 Å². The fourth-order valence-electron chi connectivity index (χ4n) is 2.28. The third-order valence-electron chi connectivity index (χ3n) is 3.85. The average molecular weight is 386 g/mol. The molecule has 1 aliphatic carbocycles. The lowest BCUT2D eigenvalue weighted by molar-refractivity contribution is 0.0450. The first-order chi connectivity index (χ1) is 13.0. The van der Waals surface area contributed by atoms with E-state index in [-0.39, 0.29) is 29.7 Å². The number of nitrogens with one attached hydrogen (secondary N) is 1. The Balaban J connectivity index is 1.51. The van der Waals surface area contributed by atoms with Gasteiger partial charge in [-0.05, 0) is 55.3 Å². The molecule has 1 saturated carbocycles. The Kier molecular flexibility index (Phi) is 5.74. The molecule has 140 valence electrons. The van der Waals surface area contributed by atoms with E-state index in [1.165, 1.54) is 24.3 Å². The van der Waals surface area contributed by atoms with Crippen molar-refractivity contribution in [3.8, 4) is 11.8 Å². The molecule has 3 rings (SSSR count). The molecule has 0 heterocycles. The van der Waals surface area contributed by atoms with Gasteiger partial charge in [0.1, 0.15) is 19.0 Å². The van der Waals surface area contributed by atoms with Crippen LogP contribution >= 0.6 is 0 Å². The highest BCUT2D eigenvalue weighted by atomic mass is 32.2. The summed E-state index contributed by atoms with van der Waals surface area (Å²) in [7, 11) is -3.63. The second-order valence-electron chi connectivity index (χ2n) is 6.04. The largest absolute Gasteiger partial charge is 0.490 e. The lowest BCUT2D eigenvalue weighted by Crippen LogP contribution is -2.26. The van der Waals surface area contributed by atoms with Gasteiger partial charge in [-0.2, -0.15) is 5.26 Å². The maximum atomic E-state index is 12.2. The Bertz CT molecular complexity index is 960. The molecule has 0 saturated heterocycles. The molecule has 1 aliphatic rings. The monoisotopic (exact) mass is 386 g/mol. The number of sulfonamides is 1. The number of nitriles is 1. The SMILES string of the molecule is N#Cc1ccc(OCCOC(=O)c2cccc(S(=O)(=O)NC3CC3)c2)cc1. The van der Waals surface area contributed by atoms with Gasteiger partial charge in [0.15, 0.2) is 0 Å². The number of rotatable bonds is 8. The molecule has 0 radical (unpaired) electrons. The molecular formula is C19H18N2O5S. The van der Waals surface area contributed by atoms with Gasteiger partial charge < -0.3 is 9.47 Å². The van der Waals surface area contributed by atoms with E-state index in [0.717, 1.165) is 12.8 Å². The smallest absolute Gasteiger partial charge is 0.338 e. The van der Waals surface area contributed by atoms with Crippen molar-refractivity contribution < 1.29 is 22.7 Å². The first-order valence-corrected chi connectivity index (χ1v) is 9.89. The first-order valence-electron chi connectivity index (χ1n) is 8.40. The van der Waals surface area contributed by atoms with E-state index in [9.17, 15) is 13.2 Å². The summed E-state index contributed by atoms with van der Waals surface area (Å²) in [5.41, 5.74) is 0.687. The van der Waals surface area contributed by atoms with Crippen LogP contribution in [0.25, 0.3) is 0 Å². The predicted octanol–water partition coefficient (Wildman–Crippen LogP) is 2.23. The topological polar surface area (TPSA) is 105 Å². The summed E-state index contributed by atoms with van der Waals surface area (Å²) < 4.78 is 37.6. The average Bonchev–Trinajstić information content (AvgIpc) is 3.49. The molecule has 0 aliphatic heterocycles. The van der Waals surface area contributed by atoms with Crippen LogP contribution in [0.2, 0.25) is 0 Å². The zero-order chi connectivity index (χ0) is 19.3. The van der Waals surface area contributed by atoms with E-state index in [2.05, 4.69) is 4.72 Å². The third-order valence-corrected chi connectivity index (χ3v) is 5.37. The summed E-state index contributed by atoms with van der Waals surface area (Å²) in [5.74, 6) is -0.0637. The number of carbonyl (C=O) groups excluding carboxylic acids is 1. The number of carbonyl (C=O) groups is 1. The van der Waals surface area contributed by atoms with Crippen molar-refractivity contribution in [1.29, 1.82) is 5.26 Å². The van der Waals surface area contributed by atoms with Gasteiger partial charge >= 0.3 is 5.97 Å². The molecule has 0 unspecified atom stereocenters. The van der Waals surface area contributed by atoms with E-state index in [4.69, 9.17) is 14.7 Å². The lowest BCUT2D eigenvalue weighted by atomic mass is 10.2. The molecule has 0 spiro atoms. The Morgan fingerprint density at radius 3 is 2.56 bits per heavy atom. The maximum Gasteiger partial charge on any atom is 0.338 e. The minimum absolute atomic E-state index is 0.00928. The van der Waals surface area contributed by atoms with Crippen LogP contribution < -0.4 is 9.46 Å². The Morgan fingerprint density at radius 2 is 1.89 bits per heavy atom. The maximum absolute atomic E-state index is 12.2. The van der Waals surface area contributed by atoms with Gasteiger partial charge in [0.25, 0.3) is 0 Å². The van der Waals surface area contributed by atoms with E-state index in [1.54, 1.807) is 24.3 Å². The first kappa shape index (κ1) is 18.9. The molecule has 1 N–H and O–H groups in total. The number of hydrogen-bond acceptors (Lipinski definition) is 6. The zero-order valence-electron chi connectivity index (χ0n) is 14.4. The van der Waals surface area contributed by atoms with E-state index >= 15 is 0 Å². The standard InChI is InChI=1S/C19H18N2O5S/c20-13-14-4-8-17(9-5-14)25-10-11-26-19(22)15-2-1-3-18(12-15)27(23,24)21-16-6-7-16/h1-5,8-9,12,16,21H,6-7,10-11H2. The van der Waals surface area contributed by atoms with Gasteiger partial charge in [0.2, 0.25) is 10.0 Å². The minimum atomic E-state index is -3.63. The quantitative estimate of drug-likeness (QED) is 0.551. The van der Waals surface area contributed by atoms with Gasteiger partial charge in [0, 0.05) is 6.04 Å². The van der Waals surface area contributed by atoms with E-state index < -0.39 is 16.0 Å². The van der Waals surface area contributed by atoms with Crippen LogP contribution in [0.4, 0.5) is 0 Å². The van der Waals surface area contributed by atoms with Crippen molar-refractivity contribution in [2.45, 2.75) is 23.8 Å². The Morgan fingerprint density at radius 1 is 1.15 bits per heavy atom. The van der Waals surface area contributed by atoms with Gasteiger partial charge in [-0.1, -0.05) is 6.07 Å². The van der Waals surface area contributed by atoms with Crippen LogP contribution in [0.5, 0.6) is 5.75 Å². The summed E-state index contributed by atoms with van der Waals surface area (Å²) in [6, 6.07) is 14.3. The molecule has 0 aromatic heterocycles. The van der Waals surface area contributed by atoms with Crippen molar-refractivity contribution in [3.63, 3.8) is 0 Å². The number of hydrogen-bond donors (Lipinski definition) is 1. The number of nitrogens with zero attached hydrogens (tertiary/aromatic N) is 1. The van der Waals surface area contributed by atoms with Gasteiger partial charge in [-0.15, -0.1) is 0 Å². The van der Waals surface area contributed by atoms with Gasteiger partial charge in [-0.25, -0.2) is 17.9 Å². The Labute approximate surface area is 157 Å². The van der Waals surface area contributed by atoms with Crippen molar-refractivity contribution >= 4 is 16.0 Å². The Hall–Kier alpha value is -2.89. The van der Waals surface area contributed by atoms with E-state index in [0.29, 0.717) is 11.3 Å². The van der Waals surface area contributed by atoms with E-state index in [1.807, 2.05) is 6.07 Å². The summed E-state index contributed by atoms with van der Waals surface area (Å²) in [6.07, 6.45) is 1.67. The highest BCUT2D eigenvalue weighted by molar-refractivity contribution is 7.89.